The number of hydrogen-bond donors (Lipinski definition) is 1. The summed E-state index contributed by atoms with van der Waals surface area (Å²) in [5.41, 5.74) is 1.09. The fourth-order valence-electron chi connectivity index (χ4n) is 2.71. The van der Waals surface area contributed by atoms with Gasteiger partial charge in [0, 0.05) is 11.8 Å². The summed E-state index contributed by atoms with van der Waals surface area (Å²) in [5.74, 6) is -0.262. The molecule has 0 saturated carbocycles. The Bertz CT molecular complexity index is 506. The minimum absolute atomic E-state index is 0.115. The number of ether oxygens (including phenoxy) is 2. The zero-order valence-electron chi connectivity index (χ0n) is 12.0. The van der Waals surface area contributed by atoms with Crippen LogP contribution in [0.15, 0.2) is 41.9 Å². The van der Waals surface area contributed by atoms with Crippen LogP contribution in [0.3, 0.4) is 0 Å². The highest BCUT2D eigenvalue weighted by atomic mass is 16.5. The van der Waals surface area contributed by atoms with Gasteiger partial charge in [0.25, 0.3) is 0 Å². The molecule has 4 nitrogen and oxygen atoms in total. The van der Waals surface area contributed by atoms with E-state index in [0.717, 1.165) is 5.56 Å². The number of aliphatic hydroxyl groups excluding tert-OH is 1. The molecule has 0 saturated heterocycles. The Hall–Kier alpha value is -1.81. The van der Waals surface area contributed by atoms with Crippen molar-refractivity contribution in [2.75, 3.05) is 14.2 Å². The number of ketones is 1. The molecule has 4 heteroatoms. The third kappa shape index (κ3) is 2.56. The Morgan fingerprint density at radius 1 is 1.15 bits per heavy atom. The number of benzene rings is 1. The molecule has 3 atom stereocenters. The quantitative estimate of drug-likeness (QED) is 0.913. The molecule has 0 unspecified atom stereocenters. The van der Waals surface area contributed by atoms with Gasteiger partial charge in [-0.15, -0.1) is 0 Å². The van der Waals surface area contributed by atoms with E-state index < -0.39 is 6.10 Å². The summed E-state index contributed by atoms with van der Waals surface area (Å²) in [6.45, 7) is 1.82. The Balaban J connectivity index is 2.31. The monoisotopic (exact) mass is 276 g/mol. The van der Waals surface area contributed by atoms with Gasteiger partial charge in [0.1, 0.15) is 6.10 Å². The molecule has 1 aliphatic rings. The van der Waals surface area contributed by atoms with Crippen LogP contribution in [0.25, 0.3) is 0 Å². The summed E-state index contributed by atoms with van der Waals surface area (Å²) in [7, 11) is 2.86. The largest absolute Gasteiger partial charge is 0.494 e. The van der Waals surface area contributed by atoms with Gasteiger partial charge in [-0.2, -0.15) is 0 Å². The molecule has 0 bridgehead atoms. The lowest BCUT2D eigenvalue weighted by Gasteiger charge is -2.34. The predicted molar refractivity (Wildman–Crippen MR) is 74.9 cm³/mol. The van der Waals surface area contributed by atoms with Gasteiger partial charge < -0.3 is 14.6 Å². The third-order valence-electron chi connectivity index (χ3n) is 3.92. The van der Waals surface area contributed by atoms with Crippen molar-refractivity contribution in [1.82, 2.24) is 0 Å². The van der Waals surface area contributed by atoms with Crippen molar-refractivity contribution in [1.29, 1.82) is 0 Å². The van der Waals surface area contributed by atoms with Crippen LogP contribution in [-0.2, 0) is 20.7 Å². The lowest BCUT2D eigenvalue weighted by molar-refractivity contribution is -0.128. The van der Waals surface area contributed by atoms with E-state index in [9.17, 15) is 9.90 Å². The van der Waals surface area contributed by atoms with Gasteiger partial charge in [0.05, 0.1) is 14.2 Å². The topological polar surface area (TPSA) is 55.8 Å². The van der Waals surface area contributed by atoms with E-state index in [-0.39, 0.29) is 29.1 Å². The molecule has 0 heterocycles. The number of allylic oxidation sites excluding steroid dienone is 1. The van der Waals surface area contributed by atoms with Gasteiger partial charge in [-0.25, -0.2) is 0 Å². The number of methoxy groups -OCH3 is 2. The lowest BCUT2D eigenvalue weighted by atomic mass is 9.76. The Morgan fingerprint density at radius 2 is 1.80 bits per heavy atom. The summed E-state index contributed by atoms with van der Waals surface area (Å²) < 4.78 is 10.3. The molecule has 108 valence electrons. The molecule has 1 N–H and O–H groups in total. The highest BCUT2D eigenvalue weighted by Gasteiger charge is 2.42. The Kier molecular flexibility index (Phi) is 4.45. The molecule has 1 aromatic rings. The van der Waals surface area contributed by atoms with Crippen molar-refractivity contribution in [2.45, 2.75) is 19.4 Å². The SMILES string of the molecule is COC1=C(OC)[C@@H](O)[C@H](Cc2ccccc2)[C@@H](C)C1=O. The van der Waals surface area contributed by atoms with Crippen molar-refractivity contribution in [3.8, 4) is 0 Å². The van der Waals surface area contributed by atoms with Gasteiger partial charge in [-0.3, -0.25) is 4.79 Å². The first-order valence-corrected chi connectivity index (χ1v) is 6.68. The second-order valence-corrected chi connectivity index (χ2v) is 5.05. The zero-order valence-corrected chi connectivity index (χ0v) is 12.0. The van der Waals surface area contributed by atoms with Gasteiger partial charge >= 0.3 is 0 Å². The molecule has 0 spiro atoms. The predicted octanol–water partition coefficient (Wildman–Crippen LogP) is 1.93. The van der Waals surface area contributed by atoms with Crippen LogP contribution >= 0.6 is 0 Å². The van der Waals surface area contributed by atoms with Crippen molar-refractivity contribution in [2.24, 2.45) is 11.8 Å². The molecule has 0 fully saturated rings. The molecule has 1 aromatic carbocycles. The van der Waals surface area contributed by atoms with Gasteiger partial charge in [-0.05, 0) is 12.0 Å². The first-order valence-electron chi connectivity index (χ1n) is 6.68. The number of Topliss-reactive ketones (excluding diaryl/α,β-unsaturated/α-hetero) is 1. The standard InChI is InChI=1S/C16H20O4/c1-10-12(9-11-7-5-4-6-8-11)14(18)16(20-3)15(19-2)13(10)17/h4-8,10,12,14,18H,9H2,1-3H3/t10-,12-,14+/m1/s1. The van der Waals surface area contributed by atoms with Gasteiger partial charge in [0.15, 0.2) is 5.76 Å². The van der Waals surface area contributed by atoms with Crippen molar-refractivity contribution >= 4 is 5.78 Å². The van der Waals surface area contributed by atoms with E-state index in [1.54, 1.807) is 0 Å². The number of carbonyl (C=O) groups excluding carboxylic acids is 1. The van der Waals surface area contributed by atoms with E-state index >= 15 is 0 Å². The maximum Gasteiger partial charge on any atom is 0.204 e. The number of hydrogen-bond acceptors (Lipinski definition) is 4. The molecular formula is C16H20O4. The Morgan fingerprint density at radius 3 is 2.35 bits per heavy atom. The van der Waals surface area contributed by atoms with Crippen LogP contribution in [0.1, 0.15) is 12.5 Å². The number of rotatable bonds is 4. The van der Waals surface area contributed by atoms with Crippen LogP contribution < -0.4 is 0 Å². The summed E-state index contributed by atoms with van der Waals surface area (Å²) >= 11 is 0. The molecule has 20 heavy (non-hydrogen) atoms. The average Bonchev–Trinajstić information content (AvgIpc) is 2.48. The average molecular weight is 276 g/mol. The number of carbonyl (C=O) groups is 1. The van der Waals surface area contributed by atoms with Gasteiger partial charge in [-0.1, -0.05) is 37.3 Å². The summed E-state index contributed by atoms with van der Waals surface area (Å²) in [5, 5.41) is 10.5. The van der Waals surface area contributed by atoms with E-state index in [2.05, 4.69) is 0 Å². The number of aliphatic hydroxyl groups is 1. The van der Waals surface area contributed by atoms with E-state index in [1.807, 2.05) is 37.3 Å². The smallest absolute Gasteiger partial charge is 0.204 e. The highest BCUT2D eigenvalue weighted by molar-refractivity contribution is 5.97. The second kappa shape index (κ2) is 6.09. The third-order valence-corrected chi connectivity index (χ3v) is 3.92. The van der Waals surface area contributed by atoms with Crippen LogP contribution in [0.4, 0.5) is 0 Å². The van der Waals surface area contributed by atoms with Crippen LogP contribution in [0.2, 0.25) is 0 Å². The molecule has 0 aromatic heterocycles. The molecule has 0 aliphatic heterocycles. The molecule has 0 amide bonds. The second-order valence-electron chi connectivity index (χ2n) is 5.05. The zero-order chi connectivity index (χ0) is 14.7. The maximum atomic E-state index is 12.3. The van der Waals surface area contributed by atoms with Crippen LogP contribution in [0.5, 0.6) is 0 Å². The first kappa shape index (κ1) is 14.6. The van der Waals surface area contributed by atoms with Crippen molar-refractivity contribution in [3.05, 3.63) is 47.4 Å². The first-order chi connectivity index (χ1) is 9.60. The van der Waals surface area contributed by atoms with E-state index in [4.69, 9.17) is 9.47 Å². The Labute approximate surface area is 119 Å². The molecule has 0 radical (unpaired) electrons. The van der Waals surface area contributed by atoms with Crippen LogP contribution in [0, 0.1) is 11.8 Å². The lowest BCUT2D eigenvalue weighted by Crippen LogP contribution is -2.41. The minimum Gasteiger partial charge on any atom is -0.494 e. The fraction of sp³-hybridized carbons (Fsp3) is 0.438. The molecule has 2 rings (SSSR count). The van der Waals surface area contributed by atoms with E-state index in [0.29, 0.717) is 6.42 Å². The fourth-order valence-corrected chi connectivity index (χ4v) is 2.71. The van der Waals surface area contributed by atoms with Crippen molar-refractivity contribution in [3.63, 3.8) is 0 Å². The van der Waals surface area contributed by atoms with Crippen molar-refractivity contribution < 1.29 is 19.4 Å². The molecule has 1 aliphatic carbocycles. The van der Waals surface area contributed by atoms with E-state index in [1.165, 1.54) is 14.2 Å². The summed E-state index contributed by atoms with van der Waals surface area (Å²) in [4.78, 5) is 12.3. The maximum absolute atomic E-state index is 12.3. The van der Waals surface area contributed by atoms with Gasteiger partial charge in [0.2, 0.25) is 11.5 Å². The van der Waals surface area contributed by atoms with Crippen LogP contribution in [-0.4, -0.2) is 31.2 Å². The normalized spacial score (nSPS) is 26.6. The minimum atomic E-state index is -0.831. The summed E-state index contributed by atoms with van der Waals surface area (Å²) in [6, 6.07) is 9.83. The highest BCUT2D eigenvalue weighted by Crippen LogP contribution is 2.34. The molecular weight excluding hydrogens is 256 g/mol. The summed E-state index contributed by atoms with van der Waals surface area (Å²) in [6.07, 6.45) is -0.207.